The van der Waals surface area contributed by atoms with E-state index in [0.29, 0.717) is 12.5 Å². The molecule has 1 unspecified atom stereocenters. The van der Waals surface area contributed by atoms with Crippen molar-refractivity contribution in [3.63, 3.8) is 0 Å². The van der Waals surface area contributed by atoms with Crippen LogP contribution in [0.15, 0.2) is 35.3 Å². The maximum Gasteiger partial charge on any atom is 0.264 e. The molecule has 0 fully saturated rings. The summed E-state index contributed by atoms with van der Waals surface area (Å²) in [5, 5.41) is 0. The Labute approximate surface area is 100 Å². The largest absolute Gasteiger partial charge is 0.475 e. The van der Waals surface area contributed by atoms with Crippen LogP contribution in [0.1, 0.15) is 5.56 Å². The zero-order chi connectivity index (χ0) is 12.3. The van der Waals surface area contributed by atoms with E-state index in [9.17, 15) is 8.42 Å². The van der Waals surface area contributed by atoms with Crippen molar-refractivity contribution in [1.82, 2.24) is 0 Å². The number of benzene rings is 1. The van der Waals surface area contributed by atoms with Crippen LogP contribution in [0.5, 0.6) is 0 Å². The van der Waals surface area contributed by atoms with E-state index < -0.39 is 10.1 Å². The van der Waals surface area contributed by atoms with E-state index in [1.807, 2.05) is 30.3 Å². The van der Waals surface area contributed by atoms with Crippen LogP contribution in [-0.2, 0) is 19.0 Å². The fraction of sp³-hybridized carbons (Fsp3) is 0.364. The molecule has 0 N–H and O–H groups in total. The molecule has 0 radical (unpaired) electrons. The Morgan fingerprint density at radius 2 is 2.12 bits per heavy atom. The van der Waals surface area contributed by atoms with Gasteiger partial charge in [-0.1, -0.05) is 18.2 Å². The number of aliphatic imine (C=N–C) groups is 1. The molecular formula is C11H13NO4S. The average Bonchev–Trinajstić information content (AvgIpc) is 2.75. The topological polar surface area (TPSA) is 65.0 Å². The molecule has 2 rings (SSSR count). The highest BCUT2D eigenvalue weighted by atomic mass is 32.2. The van der Waals surface area contributed by atoms with Crippen LogP contribution in [0.3, 0.4) is 0 Å². The third kappa shape index (κ3) is 3.54. The van der Waals surface area contributed by atoms with E-state index in [1.165, 1.54) is 0 Å². The first-order valence-corrected chi connectivity index (χ1v) is 6.97. The van der Waals surface area contributed by atoms with Gasteiger partial charge in [0.1, 0.15) is 12.6 Å². The summed E-state index contributed by atoms with van der Waals surface area (Å²) in [6, 6.07) is 9.20. The summed E-state index contributed by atoms with van der Waals surface area (Å²) in [5.74, 6) is 0.535. The van der Waals surface area contributed by atoms with Gasteiger partial charge in [0.05, 0.1) is 12.9 Å². The summed E-state index contributed by atoms with van der Waals surface area (Å²) in [6.07, 6.45) is 1.02. The monoisotopic (exact) mass is 255 g/mol. The highest BCUT2D eigenvalue weighted by molar-refractivity contribution is 7.85. The van der Waals surface area contributed by atoms with Crippen LogP contribution < -0.4 is 0 Å². The summed E-state index contributed by atoms with van der Waals surface area (Å²) < 4.78 is 31.7. The summed E-state index contributed by atoms with van der Waals surface area (Å²) in [6.45, 7) is 0.370. The van der Waals surface area contributed by atoms with Crippen LogP contribution in [0.2, 0.25) is 0 Å². The van der Waals surface area contributed by atoms with Crippen molar-refractivity contribution in [2.45, 2.75) is 6.04 Å². The van der Waals surface area contributed by atoms with Crippen LogP contribution in [-0.4, -0.2) is 39.8 Å². The molecule has 17 heavy (non-hydrogen) atoms. The lowest BCUT2D eigenvalue weighted by molar-refractivity contribution is 0.248. The first-order chi connectivity index (χ1) is 8.04. The molecule has 6 heteroatoms. The Balaban J connectivity index is 2.00. The summed E-state index contributed by atoms with van der Waals surface area (Å²) >= 11 is 0. The lowest BCUT2D eigenvalue weighted by Crippen LogP contribution is -2.17. The van der Waals surface area contributed by atoms with Gasteiger partial charge in [0.15, 0.2) is 0 Å². The highest BCUT2D eigenvalue weighted by Crippen LogP contribution is 2.12. The van der Waals surface area contributed by atoms with E-state index in [0.717, 1.165) is 11.8 Å². The van der Waals surface area contributed by atoms with Crippen molar-refractivity contribution in [2.24, 2.45) is 4.99 Å². The third-order valence-corrected chi connectivity index (χ3v) is 2.77. The molecule has 0 spiro atoms. The van der Waals surface area contributed by atoms with E-state index in [1.54, 1.807) is 0 Å². The quantitative estimate of drug-likeness (QED) is 0.747. The average molecular weight is 255 g/mol. The molecule has 5 nitrogen and oxygen atoms in total. The van der Waals surface area contributed by atoms with Crippen LogP contribution in [0.25, 0.3) is 0 Å². The van der Waals surface area contributed by atoms with Gasteiger partial charge in [-0.3, -0.25) is 4.18 Å². The second-order valence-electron chi connectivity index (χ2n) is 3.75. The van der Waals surface area contributed by atoms with Crippen molar-refractivity contribution in [3.05, 3.63) is 35.9 Å². The van der Waals surface area contributed by atoms with Gasteiger partial charge in [-0.05, 0) is 12.1 Å². The zero-order valence-corrected chi connectivity index (χ0v) is 10.2. The Morgan fingerprint density at radius 3 is 2.76 bits per heavy atom. The summed E-state index contributed by atoms with van der Waals surface area (Å²) in [4.78, 5) is 4.27. The first kappa shape index (κ1) is 12.1. The lowest BCUT2D eigenvalue weighted by Gasteiger charge is -2.03. The predicted octanol–water partition coefficient (Wildman–Crippen LogP) is 0.808. The molecule has 0 saturated heterocycles. The van der Waals surface area contributed by atoms with E-state index >= 15 is 0 Å². The Kier molecular flexibility index (Phi) is 3.44. The minimum Gasteiger partial charge on any atom is -0.475 e. The molecular weight excluding hydrogens is 242 g/mol. The van der Waals surface area contributed by atoms with E-state index in [4.69, 9.17) is 4.74 Å². The molecule has 0 amide bonds. The molecule has 1 aliphatic rings. The van der Waals surface area contributed by atoms with Gasteiger partial charge in [0, 0.05) is 5.56 Å². The van der Waals surface area contributed by atoms with E-state index in [2.05, 4.69) is 9.18 Å². The maximum absolute atomic E-state index is 10.8. The number of rotatable bonds is 4. The molecule has 0 aliphatic carbocycles. The van der Waals surface area contributed by atoms with Gasteiger partial charge in [-0.25, -0.2) is 4.99 Å². The molecule has 1 aliphatic heterocycles. The fourth-order valence-electron chi connectivity index (χ4n) is 1.44. The summed E-state index contributed by atoms with van der Waals surface area (Å²) in [7, 11) is -3.42. The first-order valence-electron chi connectivity index (χ1n) is 5.15. The molecule has 0 saturated carbocycles. The van der Waals surface area contributed by atoms with Crippen molar-refractivity contribution in [2.75, 3.05) is 19.5 Å². The molecule has 1 atom stereocenters. The van der Waals surface area contributed by atoms with Crippen molar-refractivity contribution in [3.8, 4) is 0 Å². The highest BCUT2D eigenvalue weighted by Gasteiger charge is 2.21. The normalized spacial score (nSPS) is 19.8. The number of nitrogens with zero attached hydrogens (tertiary/aromatic N) is 1. The smallest absolute Gasteiger partial charge is 0.264 e. The maximum atomic E-state index is 10.8. The van der Waals surface area contributed by atoms with Crippen LogP contribution in [0.4, 0.5) is 0 Å². The standard InChI is InChI=1S/C11H13NO4S/c1-17(13,14)16-8-10-7-15-11(12-10)9-5-3-2-4-6-9/h2-6,10H,7-8H2,1H3. The SMILES string of the molecule is CS(=O)(=O)OCC1COC(c2ccccc2)=N1. The number of hydrogen-bond acceptors (Lipinski definition) is 5. The molecule has 0 bridgehead atoms. The van der Waals surface area contributed by atoms with Crippen LogP contribution in [0, 0.1) is 0 Å². The number of hydrogen-bond donors (Lipinski definition) is 0. The van der Waals surface area contributed by atoms with Gasteiger partial charge in [0.2, 0.25) is 5.90 Å². The van der Waals surface area contributed by atoms with Crippen LogP contribution >= 0.6 is 0 Å². The Morgan fingerprint density at radius 1 is 1.41 bits per heavy atom. The summed E-state index contributed by atoms with van der Waals surface area (Å²) in [5.41, 5.74) is 0.884. The second kappa shape index (κ2) is 4.85. The van der Waals surface area contributed by atoms with Gasteiger partial charge in [-0.2, -0.15) is 8.42 Å². The molecule has 1 aromatic carbocycles. The molecule has 1 heterocycles. The Hall–Kier alpha value is -1.40. The minimum atomic E-state index is -3.42. The van der Waals surface area contributed by atoms with Gasteiger partial charge in [0.25, 0.3) is 10.1 Å². The van der Waals surface area contributed by atoms with E-state index in [-0.39, 0.29) is 12.6 Å². The molecule has 92 valence electrons. The predicted molar refractivity (Wildman–Crippen MR) is 63.5 cm³/mol. The van der Waals surface area contributed by atoms with Crippen molar-refractivity contribution in [1.29, 1.82) is 0 Å². The second-order valence-corrected chi connectivity index (χ2v) is 5.40. The molecule has 1 aromatic rings. The van der Waals surface area contributed by atoms with Gasteiger partial charge >= 0.3 is 0 Å². The minimum absolute atomic E-state index is 0.0230. The van der Waals surface area contributed by atoms with Gasteiger partial charge in [-0.15, -0.1) is 0 Å². The number of ether oxygens (including phenoxy) is 1. The third-order valence-electron chi connectivity index (χ3n) is 2.21. The zero-order valence-electron chi connectivity index (χ0n) is 9.37. The molecule has 0 aromatic heterocycles. The van der Waals surface area contributed by atoms with Gasteiger partial charge < -0.3 is 4.74 Å². The fourth-order valence-corrected chi connectivity index (χ4v) is 1.85. The van der Waals surface area contributed by atoms with Crippen molar-refractivity contribution >= 4 is 16.0 Å². The Bertz CT molecular complexity index is 510. The van der Waals surface area contributed by atoms with Crippen molar-refractivity contribution < 1.29 is 17.3 Å². The lowest BCUT2D eigenvalue weighted by atomic mass is 10.2.